The van der Waals surface area contributed by atoms with Crippen LogP contribution in [0, 0.1) is 0 Å². The van der Waals surface area contributed by atoms with Gasteiger partial charge in [-0.05, 0) is 99.1 Å². The zero-order valence-electron chi connectivity index (χ0n) is 33.6. The molecule has 4 aromatic heterocycles. The molecule has 292 valence electrons. The summed E-state index contributed by atoms with van der Waals surface area (Å²) in [5, 5.41) is 4.36. The summed E-state index contributed by atoms with van der Waals surface area (Å²) in [5.74, 6) is 1.70. The zero-order valence-corrected chi connectivity index (χ0v) is 33.6. The third kappa shape index (κ3) is 4.77. The molecule has 0 fully saturated rings. The van der Waals surface area contributed by atoms with Gasteiger partial charge in [-0.15, -0.1) is 0 Å². The molecule has 4 heterocycles. The Morgan fingerprint density at radius 1 is 0.317 bits per heavy atom. The van der Waals surface area contributed by atoms with Gasteiger partial charge >= 0.3 is 0 Å². The van der Waals surface area contributed by atoms with Gasteiger partial charge in [0.2, 0.25) is 0 Å². The van der Waals surface area contributed by atoms with E-state index in [1.807, 2.05) is 78.9 Å². The normalized spacial score (nSPS) is 13.2. The number of pyridine rings is 1. The molecular formula is C57H32N4O2. The maximum Gasteiger partial charge on any atom is 0.182 e. The molecule has 0 radical (unpaired) electrons. The van der Waals surface area contributed by atoms with Gasteiger partial charge in [-0.3, -0.25) is 0 Å². The van der Waals surface area contributed by atoms with Gasteiger partial charge in [-0.2, -0.15) is 0 Å². The van der Waals surface area contributed by atoms with Crippen LogP contribution >= 0.6 is 0 Å². The van der Waals surface area contributed by atoms with Crippen molar-refractivity contribution in [1.29, 1.82) is 0 Å². The number of fused-ring (bicyclic) bond motifs is 17. The topological polar surface area (TPSA) is 77.8 Å². The molecule has 1 spiro atoms. The van der Waals surface area contributed by atoms with E-state index in [9.17, 15) is 0 Å². The van der Waals surface area contributed by atoms with Crippen molar-refractivity contribution in [3.05, 3.63) is 216 Å². The zero-order chi connectivity index (χ0) is 41.2. The Bertz CT molecular complexity index is 3760. The third-order valence-electron chi connectivity index (χ3n) is 13.1. The lowest BCUT2D eigenvalue weighted by Crippen LogP contribution is -2.26. The Morgan fingerprint density at radius 2 is 0.921 bits per heavy atom. The highest BCUT2D eigenvalue weighted by atomic mass is 16.3. The van der Waals surface area contributed by atoms with Gasteiger partial charge in [-0.1, -0.05) is 140 Å². The minimum absolute atomic E-state index is 0.508. The smallest absolute Gasteiger partial charge is 0.182 e. The van der Waals surface area contributed by atoms with Gasteiger partial charge in [0.25, 0.3) is 0 Å². The molecule has 2 aliphatic rings. The highest BCUT2D eigenvalue weighted by molar-refractivity contribution is 6.16. The molecule has 12 aromatic rings. The van der Waals surface area contributed by atoms with Gasteiger partial charge in [0.05, 0.1) is 11.1 Å². The van der Waals surface area contributed by atoms with Crippen molar-refractivity contribution in [3.63, 3.8) is 0 Å². The molecule has 6 nitrogen and oxygen atoms in total. The maximum absolute atomic E-state index is 6.80. The maximum atomic E-state index is 6.80. The lowest BCUT2D eigenvalue weighted by Gasteiger charge is -2.31. The second-order valence-electron chi connectivity index (χ2n) is 16.5. The lowest BCUT2D eigenvalue weighted by atomic mass is 9.69. The summed E-state index contributed by atoms with van der Waals surface area (Å²) in [7, 11) is 0. The highest BCUT2D eigenvalue weighted by Crippen LogP contribution is 2.65. The SMILES string of the molecule is c1ccc(-c2nc(-c3ccccc3)nc(-c3cccc(-c4ccc5oc6ccc7c(c6c5c4)C4(c5ccccc5-c5ccccc54)c4cc5oc6ccccc6c5cc4-7)n3)n2)cc1. The molecule has 0 bridgehead atoms. The van der Waals surface area contributed by atoms with Crippen molar-refractivity contribution in [2.45, 2.75) is 5.41 Å². The fraction of sp³-hybridized carbons (Fsp3) is 0.0175. The summed E-state index contributed by atoms with van der Waals surface area (Å²) in [5.41, 5.74) is 16.9. The molecule has 0 N–H and O–H groups in total. The van der Waals surface area contributed by atoms with Crippen LogP contribution in [0.5, 0.6) is 0 Å². The van der Waals surface area contributed by atoms with E-state index < -0.39 is 5.41 Å². The summed E-state index contributed by atoms with van der Waals surface area (Å²) in [6, 6.07) is 67.7. The van der Waals surface area contributed by atoms with Gasteiger partial charge < -0.3 is 8.83 Å². The predicted octanol–water partition coefficient (Wildman–Crippen LogP) is 14.1. The van der Waals surface area contributed by atoms with Crippen LogP contribution in [0.2, 0.25) is 0 Å². The van der Waals surface area contributed by atoms with Crippen LogP contribution in [0.25, 0.3) is 112 Å². The summed E-state index contributed by atoms with van der Waals surface area (Å²) in [6.45, 7) is 0. The molecule has 63 heavy (non-hydrogen) atoms. The van der Waals surface area contributed by atoms with Crippen LogP contribution in [-0.4, -0.2) is 19.9 Å². The van der Waals surface area contributed by atoms with Crippen molar-refractivity contribution >= 4 is 43.9 Å². The highest BCUT2D eigenvalue weighted by Gasteiger charge is 2.53. The third-order valence-corrected chi connectivity index (χ3v) is 13.1. The molecule has 8 aromatic carbocycles. The van der Waals surface area contributed by atoms with E-state index in [1.54, 1.807) is 0 Å². The number of hydrogen-bond donors (Lipinski definition) is 0. The van der Waals surface area contributed by atoms with Crippen molar-refractivity contribution < 1.29 is 8.83 Å². The van der Waals surface area contributed by atoms with Crippen LogP contribution in [0.1, 0.15) is 22.3 Å². The number of nitrogens with zero attached hydrogens (tertiary/aromatic N) is 4. The number of benzene rings is 8. The van der Waals surface area contributed by atoms with E-state index >= 15 is 0 Å². The molecule has 0 aliphatic heterocycles. The van der Waals surface area contributed by atoms with Gasteiger partial charge in [-0.25, -0.2) is 19.9 Å². The first-order valence-electron chi connectivity index (χ1n) is 21.2. The summed E-state index contributed by atoms with van der Waals surface area (Å²) < 4.78 is 13.4. The molecule has 2 aliphatic carbocycles. The molecule has 14 rings (SSSR count). The second kappa shape index (κ2) is 12.8. The van der Waals surface area contributed by atoms with Crippen molar-refractivity contribution in [3.8, 4) is 67.8 Å². The molecule has 0 atom stereocenters. The van der Waals surface area contributed by atoms with Crippen molar-refractivity contribution in [1.82, 2.24) is 19.9 Å². The van der Waals surface area contributed by atoms with Crippen LogP contribution in [0.4, 0.5) is 0 Å². The van der Waals surface area contributed by atoms with Crippen LogP contribution in [-0.2, 0) is 5.41 Å². The average molecular weight is 805 g/mol. The van der Waals surface area contributed by atoms with Crippen LogP contribution in [0.15, 0.2) is 203 Å². The quantitative estimate of drug-likeness (QED) is 0.176. The van der Waals surface area contributed by atoms with E-state index in [4.69, 9.17) is 28.8 Å². The first-order chi connectivity index (χ1) is 31.2. The first-order valence-corrected chi connectivity index (χ1v) is 21.2. The average Bonchev–Trinajstić information content (AvgIpc) is 4.08. The van der Waals surface area contributed by atoms with E-state index in [1.165, 1.54) is 44.5 Å². The molecule has 0 unspecified atom stereocenters. The van der Waals surface area contributed by atoms with Crippen LogP contribution < -0.4 is 0 Å². The van der Waals surface area contributed by atoms with E-state index in [0.717, 1.165) is 66.3 Å². The Labute approximate surface area is 360 Å². The molecule has 6 heteroatoms. The minimum atomic E-state index is -0.624. The fourth-order valence-electron chi connectivity index (χ4n) is 10.5. The van der Waals surface area contributed by atoms with Crippen molar-refractivity contribution in [2.24, 2.45) is 0 Å². The standard InChI is InChI=1S/C57H32N4O2/c1-3-14-33(15-4-1)54-59-55(34-16-5-2-6-17-34)61-56(60-54)47-24-13-23-46(58-47)35-26-28-49-42(30-35)52-50(62-49)29-27-39-40-31-41-38-20-9-12-25-48(38)63-51(41)32-45(40)57(53(39)52)43-21-10-7-18-36(43)37-19-8-11-22-44(37)57/h1-32H. The van der Waals surface area contributed by atoms with E-state index in [2.05, 4.69) is 115 Å². The largest absolute Gasteiger partial charge is 0.456 e. The summed E-state index contributed by atoms with van der Waals surface area (Å²) >= 11 is 0. The summed E-state index contributed by atoms with van der Waals surface area (Å²) in [6.07, 6.45) is 0. The minimum Gasteiger partial charge on any atom is -0.456 e. The molecule has 0 saturated heterocycles. The Morgan fingerprint density at radius 3 is 1.67 bits per heavy atom. The molecule has 0 saturated carbocycles. The lowest BCUT2D eigenvalue weighted by molar-refractivity contribution is 0.666. The van der Waals surface area contributed by atoms with Gasteiger partial charge in [0.1, 0.15) is 28.0 Å². The summed E-state index contributed by atoms with van der Waals surface area (Å²) in [4.78, 5) is 20.1. The second-order valence-corrected chi connectivity index (χ2v) is 16.5. The first kappa shape index (κ1) is 34.3. The number of rotatable bonds is 4. The van der Waals surface area contributed by atoms with E-state index in [-0.39, 0.29) is 0 Å². The predicted molar refractivity (Wildman–Crippen MR) is 250 cm³/mol. The number of aromatic nitrogens is 4. The van der Waals surface area contributed by atoms with Crippen molar-refractivity contribution in [2.75, 3.05) is 0 Å². The van der Waals surface area contributed by atoms with Gasteiger partial charge in [0, 0.05) is 38.2 Å². The Balaban J connectivity index is 1.00. The molecule has 0 amide bonds. The Kier molecular flexibility index (Phi) is 6.94. The number of hydrogen-bond acceptors (Lipinski definition) is 6. The van der Waals surface area contributed by atoms with E-state index in [0.29, 0.717) is 23.2 Å². The monoisotopic (exact) mass is 804 g/mol. The Hall–Kier alpha value is -8.48. The number of para-hydroxylation sites is 1. The number of furan rings is 2. The van der Waals surface area contributed by atoms with Gasteiger partial charge in [0.15, 0.2) is 17.5 Å². The fourth-order valence-corrected chi connectivity index (χ4v) is 10.5. The van der Waals surface area contributed by atoms with Crippen LogP contribution in [0.3, 0.4) is 0 Å². The molecular weight excluding hydrogens is 773 g/mol.